The van der Waals surface area contributed by atoms with Gasteiger partial charge in [-0.25, -0.2) is 0 Å². The van der Waals surface area contributed by atoms with Crippen LogP contribution >= 0.6 is 8.46 Å². The van der Waals surface area contributed by atoms with E-state index in [1.807, 2.05) is 13.8 Å². The van der Waals surface area contributed by atoms with Gasteiger partial charge in [0.1, 0.15) is 5.34 Å². The molecule has 16 heavy (non-hydrogen) atoms. The summed E-state index contributed by atoms with van der Waals surface area (Å²) in [5, 5.41) is -0.515. The monoisotopic (exact) mass is 244 g/mol. The van der Waals surface area contributed by atoms with Gasteiger partial charge in [-0.1, -0.05) is 20.8 Å². The molecule has 0 saturated heterocycles. The first-order valence-electron chi connectivity index (χ1n) is 6.27. The third-order valence-electron chi connectivity index (χ3n) is 3.57. The Bertz CT molecular complexity index is 235. The topological polar surface area (TPSA) is 26.3 Å². The maximum absolute atomic E-state index is 10.9. The molecule has 1 saturated carbocycles. The van der Waals surface area contributed by atoms with E-state index in [2.05, 4.69) is 20.8 Å². The molecule has 1 aliphatic carbocycles. The van der Waals surface area contributed by atoms with Gasteiger partial charge in [-0.05, 0) is 50.9 Å². The predicted molar refractivity (Wildman–Crippen MR) is 68.0 cm³/mol. The second kappa shape index (κ2) is 5.14. The summed E-state index contributed by atoms with van der Waals surface area (Å²) in [7, 11) is 0.0872. The zero-order chi connectivity index (χ0) is 12.4. The Morgan fingerprint density at radius 3 is 1.88 bits per heavy atom. The van der Waals surface area contributed by atoms with Gasteiger partial charge in [0.15, 0.2) is 8.46 Å². The molecule has 1 aliphatic rings. The first-order valence-corrected chi connectivity index (χ1v) is 7.08. The summed E-state index contributed by atoms with van der Waals surface area (Å²) in [6.07, 6.45) is 5.00. The lowest BCUT2D eigenvalue weighted by atomic mass is 9.72. The van der Waals surface area contributed by atoms with Crippen LogP contribution in [0.3, 0.4) is 0 Å². The second-order valence-electron chi connectivity index (χ2n) is 6.50. The van der Waals surface area contributed by atoms with Crippen molar-refractivity contribution in [2.24, 2.45) is 11.3 Å². The van der Waals surface area contributed by atoms with E-state index in [-0.39, 0.29) is 8.46 Å². The summed E-state index contributed by atoms with van der Waals surface area (Å²) in [6, 6.07) is 0. The van der Waals surface area contributed by atoms with E-state index in [0.717, 1.165) is 18.8 Å². The van der Waals surface area contributed by atoms with E-state index in [1.165, 1.54) is 12.8 Å². The lowest BCUT2D eigenvalue weighted by molar-refractivity contribution is -0.0490. The van der Waals surface area contributed by atoms with E-state index in [1.54, 1.807) is 0 Å². The van der Waals surface area contributed by atoms with Crippen molar-refractivity contribution in [1.82, 2.24) is 0 Å². The van der Waals surface area contributed by atoms with E-state index >= 15 is 0 Å². The third-order valence-corrected chi connectivity index (χ3v) is 4.12. The molecule has 2 nitrogen and oxygen atoms in total. The zero-order valence-electron chi connectivity index (χ0n) is 11.2. The molecule has 0 aliphatic heterocycles. The smallest absolute Gasteiger partial charge is 0.190 e. The van der Waals surface area contributed by atoms with Gasteiger partial charge in [-0.3, -0.25) is 4.57 Å². The minimum Gasteiger partial charge on any atom is -0.360 e. The first kappa shape index (κ1) is 14.1. The van der Waals surface area contributed by atoms with Gasteiger partial charge < -0.3 is 4.74 Å². The summed E-state index contributed by atoms with van der Waals surface area (Å²) in [5.41, 5.74) is 0.414. The fraction of sp³-hybridized carbons (Fsp3) is 1.00. The van der Waals surface area contributed by atoms with Gasteiger partial charge in [-0.15, -0.1) is 0 Å². The number of rotatable bonds is 3. The van der Waals surface area contributed by atoms with Crippen molar-refractivity contribution in [1.29, 1.82) is 0 Å². The van der Waals surface area contributed by atoms with Crippen LogP contribution in [0.4, 0.5) is 0 Å². The van der Waals surface area contributed by atoms with Crippen molar-refractivity contribution >= 4 is 8.46 Å². The van der Waals surface area contributed by atoms with Gasteiger partial charge in [0.2, 0.25) is 0 Å². The Hall–Kier alpha value is 0.0600. The van der Waals surface area contributed by atoms with Crippen molar-refractivity contribution in [2.45, 2.75) is 71.7 Å². The molecule has 0 heterocycles. The van der Waals surface area contributed by atoms with Gasteiger partial charge in [-0.2, -0.15) is 0 Å². The van der Waals surface area contributed by atoms with Crippen LogP contribution in [0.25, 0.3) is 0 Å². The molecular formula is C13H25O2P. The molecule has 0 aromatic rings. The molecule has 1 fully saturated rings. The van der Waals surface area contributed by atoms with E-state index in [9.17, 15) is 4.57 Å². The average Bonchev–Trinajstić information content (AvgIpc) is 2.16. The van der Waals surface area contributed by atoms with Gasteiger partial charge in [0.05, 0.1) is 6.10 Å². The van der Waals surface area contributed by atoms with Crippen molar-refractivity contribution in [3.8, 4) is 0 Å². The lowest BCUT2D eigenvalue weighted by Gasteiger charge is -2.38. The van der Waals surface area contributed by atoms with E-state index in [0.29, 0.717) is 11.5 Å². The van der Waals surface area contributed by atoms with Crippen LogP contribution in [-0.4, -0.2) is 11.4 Å². The molecule has 0 atom stereocenters. The van der Waals surface area contributed by atoms with Crippen LogP contribution in [0.15, 0.2) is 0 Å². The highest BCUT2D eigenvalue weighted by Crippen LogP contribution is 2.40. The van der Waals surface area contributed by atoms with Gasteiger partial charge >= 0.3 is 0 Å². The summed E-state index contributed by atoms with van der Waals surface area (Å²) in [4.78, 5) is 0. The number of hydrogen-bond donors (Lipinski definition) is 0. The van der Waals surface area contributed by atoms with Crippen LogP contribution in [0.2, 0.25) is 0 Å². The van der Waals surface area contributed by atoms with Crippen molar-refractivity contribution in [3.63, 3.8) is 0 Å². The molecule has 0 aromatic heterocycles. The molecule has 0 radical (unpaired) electrons. The molecule has 3 heteroatoms. The Morgan fingerprint density at radius 2 is 1.50 bits per heavy atom. The minimum atomic E-state index is -0.515. The molecule has 0 amide bonds. The number of hydrogen-bond acceptors (Lipinski definition) is 2. The minimum absolute atomic E-state index is 0.0872. The highest BCUT2D eigenvalue weighted by Gasteiger charge is 2.32. The van der Waals surface area contributed by atoms with Crippen LogP contribution < -0.4 is 0 Å². The normalized spacial score (nSPS) is 28.3. The van der Waals surface area contributed by atoms with Crippen LogP contribution in [-0.2, 0) is 9.30 Å². The average molecular weight is 244 g/mol. The summed E-state index contributed by atoms with van der Waals surface area (Å²) >= 11 is 0. The summed E-state index contributed by atoms with van der Waals surface area (Å²) < 4.78 is 16.8. The molecule has 0 spiro atoms. The van der Waals surface area contributed by atoms with Gasteiger partial charge in [0.25, 0.3) is 0 Å². The quantitative estimate of drug-likeness (QED) is 0.676. The van der Waals surface area contributed by atoms with Crippen LogP contribution in [0, 0.1) is 11.3 Å². The Labute approximate surface area is 101 Å². The molecular weight excluding hydrogens is 219 g/mol. The van der Waals surface area contributed by atoms with E-state index < -0.39 is 5.34 Å². The van der Waals surface area contributed by atoms with Crippen molar-refractivity contribution < 1.29 is 9.30 Å². The summed E-state index contributed by atoms with van der Waals surface area (Å²) in [5.74, 6) is 0.806. The molecule has 0 unspecified atom stereocenters. The zero-order valence-corrected chi connectivity index (χ0v) is 12.1. The Morgan fingerprint density at radius 1 is 1.00 bits per heavy atom. The van der Waals surface area contributed by atoms with Crippen molar-refractivity contribution in [2.75, 3.05) is 0 Å². The SMILES string of the molecule is CC(C)(OC1CCC(C(C)(C)C)CC1)P=O. The Kier molecular flexibility index (Phi) is 4.54. The molecule has 1 rings (SSSR count). The fourth-order valence-corrected chi connectivity index (χ4v) is 2.67. The molecule has 0 N–H and O–H groups in total. The third kappa shape index (κ3) is 4.14. The van der Waals surface area contributed by atoms with Crippen LogP contribution in [0.5, 0.6) is 0 Å². The maximum Gasteiger partial charge on any atom is 0.190 e. The maximum atomic E-state index is 10.9. The Balaban J connectivity index is 2.41. The molecule has 0 bridgehead atoms. The molecule has 94 valence electrons. The van der Waals surface area contributed by atoms with Crippen molar-refractivity contribution in [3.05, 3.63) is 0 Å². The fourth-order valence-electron chi connectivity index (χ4n) is 2.48. The van der Waals surface area contributed by atoms with Crippen LogP contribution in [0.1, 0.15) is 60.3 Å². The first-order chi connectivity index (χ1) is 7.24. The highest BCUT2D eigenvalue weighted by molar-refractivity contribution is 7.25. The number of ether oxygens (including phenoxy) is 1. The standard InChI is InChI=1S/C13H25O2P/c1-12(2,3)10-6-8-11(9-7-10)15-13(4,5)16-14/h10-11H,6-9H2,1-5H3. The lowest BCUT2D eigenvalue weighted by Crippen LogP contribution is -2.32. The largest absolute Gasteiger partial charge is 0.360 e. The summed E-state index contributed by atoms with van der Waals surface area (Å²) in [6.45, 7) is 10.7. The van der Waals surface area contributed by atoms with E-state index in [4.69, 9.17) is 4.74 Å². The predicted octanol–water partition coefficient (Wildman–Crippen LogP) is 4.64. The van der Waals surface area contributed by atoms with Gasteiger partial charge in [0, 0.05) is 0 Å². The second-order valence-corrected chi connectivity index (χ2v) is 7.76. The highest BCUT2D eigenvalue weighted by atomic mass is 31.1. The molecule has 0 aromatic carbocycles.